The fourth-order valence-corrected chi connectivity index (χ4v) is 4.79. The second kappa shape index (κ2) is 9.50. The molecule has 3 heterocycles. The highest BCUT2D eigenvalue weighted by atomic mass is 16.5. The molecule has 1 unspecified atom stereocenters. The maximum atomic E-state index is 12.6. The molecule has 7 heteroatoms. The number of anilines is 1. The second-order valence-electron chi connectivity index (χ2n) is 9.44. The molecule has 7 nitrogen and oxygen atoms in total. The van der Waals surface area contributed by atoms with Gasteiger partial charge in [-0.15, -0.1) is 0 Å². The third-order valence-corrected chi connectivity index (χ3v) is 6.53. The van der Waals surface area contributed by atoms with Crippen molar-refractivity contribution in [1.29, 1.82) is 5.26 Å². The third kappa shape index (κ3) is 4.73. The van der Waals surface area contributed by atoms with Crippen LogP contribution in [0, 0.1) is 11.3 Å². The van der Waals surface area contributed by atoms with Gasteiger partial charge < -0.3 is 19.3 Å². The topological polar surface area (TPSA) is 78.7 Å². The van der Waals surface area contributed by atoms with Gasteiger partial charge in [0.25, 0.3) is 0 Å². The summed E-state index contributed by atoms with van der Waals surface area (Å²) in [4.78, 5) is 21.7. The number of piperazine rings is 1. The van der Waals surface area contributed by atoms with Crippen LogP contribution in [-0.2, 0) is 27.3 Å². The molecule has 1 aromatic heterocycles. The number of methoxy groups -OCH3 is 1. The third-order valence-electron chi connectivity index (χ3n) is 6.53. The number of carbonyl (C=O) groups is 1. The Morgan fingerprint density at radius 1 is 1.27 bits per heavy atom. The molecule has 1 aromatic carbocycles. The minimum atomic E-state index is -0.342. The summed E-state index contributed by atoms with van der Waals surface area (Å²) in [6.07, 6.45) is 1.04. The largest absolute Gasteiger partial charge is 0.384 e. The van der Waals surface area contributed by atoms with Crippen LogP contribution in [0.5, 0.6) is 0 Å². The summed E-state index contributed by atoms with van der Waals surface area (Å²) >= 11 is 0. The summed E-state index contributed by atoms with van der Waals surface area (Å²) in [5.74, 6) is 0.815. The molecule has 2 aromatic rings. The van der Waals surface area contributed by atoms with Gasteiger partial charge in [-0.2, -0.15) is 5.26 Å². The Hall–Kier alpha value is -2.95. The lowest BCUT2D eigenvalue weighted by atomic mass is 9.86. The number of ether oxygens (including phenoxy) is 2. The van der Waals surface area contributed by atoms with E-state index < -0.39 is 0 Å². The van der Waals surface area contributed by atoms with E-state index in [-0.39, 0.29) is 17.6 Å². The molecule has 0 N–H and O–H groups in total. The number of fused-ring (bicyclic) bond motifs is 1. The van der Waals surface area contributed by atoms with E-state index in [0.717, 1.165) is 22.4 Å². The Morgan fingerprint density at radius 2 is 2.03 bits per heavy atom. The molecule has 4 rings (SSSR count). The molecular formula is C26H32N4O3. The Morgan fingerprint density at radius 3 is 2.70 bits per heavy atom. The second-order valence-corrected chi connectivity index (χ2v) is 9.44. The van der Waals surface area contributed by atoms with Gasteiger partial charge in [0.2, 0.25) is 5.91 Å². The lowest BCUT2D eigenvalue weighted by Gasteiger charge is -2.41. The van der Waals surface area contributed by atoms with Crippen molar-refractivity contribution in [2.45, 2.75) is 51.9 Å². The molecule has 1 fully saturated rings. The van der Waals surface area contributed by atoms with Crippen molar-refractivity contribution in [1.82, 2.24) is 9.88 Å². The van der Waals surface area contributed by atoms with E-state index >= 15 is 0 Å². The van der Waals surface area contributed by atoms with Crippen LogP contribution in [0.3, 0.4) is 0 Å². The van der Waals surface area contributed by atoms with Gasteiger partial charge >= 0.3 is 0 Å². The van der Waals surface area contributed by atoms with Crippen molar-refractivity contribution < 1.29 is 14.3 Å². The quantitative estimate of drug-likeness (QED) is 0.696. The molecule has 2 aliphatic rings. The first-order valence-corrected chi connectivity index (χ1v) is 11.5. The average molecular weight is 449 g/mol. The number of carbonyl (C=O) groups excluding carboxylic acids is 1. The van der Waals surface area contributed by atoms with Crippen molar-refractivity contribution in [3.8, 4) is 17.3 Å². The predicted molar refractivity (Wildman–Crippen MR) is 127 cm³/mol. The standard InChI is InChI=1S/C26H32N4O3/c1-18-16-29(11-12-30(18)23(31)10-13-32-4)25-21(15-27)20-14-26(2,3)33-17-22(20)24(28-25)19-8-6-5-7-9-19/h5-9,18H,10-14,16-17H2,1-4H3. The lowest BCUT2D eigenvalue weighted by Crippen LogP contribution is -2.54. The fraction of sp³-hybridized carbons (Fsp3) is 0.500. The van der Waals surface area contributed by atoms with Gasteiger partial charge in [0.05, 0.1) is 36.5 Å². The molecule has 1 saturated heterocycles. The van der Waals surface area contributed by atoms with Gasteiger partial charge in [-0.3, -0.25) is 4.79 Å². The van der Waals surface area contributed by atoms with Crippen molar-refractivity contribution in [2.24, 2.45) is 0 Å². The van der Waals surface area contributed by atoms with Crippen molar-refractivity contribution in [3.63, 3.8) is 0 Å². The van der Waals surface area contributed by atoms with Crippen LogP contribution in [0.2, 0.25) is 0 Å². The van der Waals surface area contributed by atoms with Crippen LogP contribution in [0.15, 0.2) is 30.3 Å². The molecule has 1 atom stereocenters. The average Bonchev–Trinajstić information content (AvgIpc) is 2.81. The van der Waals surface area contributed by atoms with E-state index in [9.17, 15) is 10.1 Å². The van der Waals surface area contributed by atoms with E-state index in [4.69, 9.17) is 14.5 Å². The van der Waals surface area contributed by atoms with E-state index in [2.05, 4.69) is 31.7 Å². The van der Waals surface area contributed by atoms with Gasteiger partial charge in [0.15, 0.2) is 0 Å². The summed E-state index contributed by atoms with van der Waals surface area (Å²) in [5.41, 5.74) is 4.22. The smallest absolute Gasteiger partial charge is 0.225 e. The van der Waals surface area contributed by atoms with Gasteiger partial charge in [0.1, 0.15) is 11.9 Å². The van der Waals surface area contributed by atoms with Crippen LogP contribution in [0.25, 0.3) is 11.3 Å². The molecule has 0 saturated carbocycles. The maximum absolute atomic E-state index is 12.6. The first-order chi connectivity index (χ1) is 15.8. The van der Waals surface area contributed by atoms with Crippen LogP contribution >= 0.6 is 0 Å². The minimum Gasteiger partial charge on any atom is -0.384 e. The maximum Gasteiger partial charge on any atom is 0.225 e. The normalized spacial score (nSPS) is 19.7. The van der Waals surface area contributed by atoms with Gasteiger partial charge in [0, 0.05) is 50.3 Å². The highest BCUT2D eigenvalue weighted by molar-refractivity contribution is 5.77. The van der Waals surface area contributed by atoms with E-state index in [1.165, 1.54) is 0 Å². The van der Waals surface area contributed by atoms with Crippen LogP contribution in [0.4, 0.5) is 5.82 Å². The summed E-state index contributed by atoms with van der Waals surface area (Å²) in [6, 6.07) is 12.6. The number of rotatable bonds is 5. The van der Waals surface area contributed by atoms with Gasteiger partial charge in [-0.1, -0.05) is 30.3 Å². The Bertz CT molecular complexity index is 1060. The molecule has 0 aliphatic carbocycles. The highest BCUT2D eigenvalue weighted by Crippen LogP contribution is 2.39. The first kappa shape index (κ1) is 23.2. The van der Waals surface area contributed by atoms with Crippen LogP contribution in [0.1, 0.15) is 43.9 Å². The van der Waals surface area contributed by atoms with Crippen LogP contribution in [-0.4, -0.2) is 60.8 Å². The molecule has 174 valence electrons. The van der Waals surface area contributed by atoms with Crippen molar-refractivity contribution >= 4 is 11.7 Å². The zero-order valence-corrected chi connectivity index (χ0v) is 19.9. The Kier molecular flexibility index (Phi) is 6.68. The number of amides is 1. The number of benzene rings is 1. The molecule has 2 aliphatic heterocycles. The SMILES string of the molecule is COCCC(=O)N1CCN(c2nc(-c3ccccc3)c3c(c2C#N)CC(C)(C)OC3)CC1C. The molecular weight excluding hydrogens is 416 g/mol. The van der Waals surface area contributed by atoms with E-state index in [1.54, 1.807) is 7.11 Å². The number of pyridine rings is 1. The molecule has 1 amide bonds. The summed E-state index contributed by atoms with van der Waals surface area (Å²) in [5, 5.41) is 10.2. The van der Waals surface area contributed by atoms with Gasteiger partial charge in [-0.25, -0.2) is 4.98 Å². The lowest BCUT2D eigenvalue weighted by molar-refractivity contribution is -0.134. The highest BCUT2D eigenvalue weighted by Gasteiger charge is 2.35. The van der Waals surface area contributed by atoms with E-state index in [1.807, 2.05) is 35.2 Å². The van der Waals surface area contributed by atoms with Crippen LogP contribution < -0.4 is 4.90 Å². The van der Waals surface area contributed by atoms with Crippen molar-refractivity contribution in [3.05, 3.63) is 47.0 Å². The number of hydrogen-bond acceptors (Lipinski definition) is 6. The number of aromatic nitrogens is 1. The predicted octanol–water partition coefficient (Wildman–Crippen LogP) is 3.55. The molecule has 0 bridgehead atoms. The zero-order valence-electron chi connectivity index (χ0n) is 19.9. The number of hydrogen-bond donors (Lipinski definition) is 0. The fourth-order valence-electron chi connectivity index (χ4n) is 4.79. The molecule has 0 radical (unpaired) electrons. The Balaban J connectivity index is 1.73. The Labute approximate surface area is 195 Å². The first-order valence-electron chi connectivity index (χ1n) is 11.5. The molecule has 33 heavy (non-hydrogen) atoms. The minimum absolute atomic E-state index is 0.0208. The summed E-state index contributed by atoms with van der Waals surface area (Å²) in [7, 11) is 1.61. The van der Waals surface area contributed by atoms with Crippen molar-refractivity contribution in [2.75, 3.05) is 38.3 Å². The molecule has 0 spiro atoms. The summed E-state index contributed by atoms with van der Waals surface area (Å²) in [6.45, 7) is 8.91. The van der Waals surface area contributed by atoms with E-state index in [0.29, 0.717) is 57.1 Å². The zero-order chi connectivity index (χ0) is 23.6. The number of nitrogens with zero attached hydrogens (tertiary/aromatic N) is 4. The monoisotopic (exact) mass is 448 g/mol. The number of nitriles is 1. The summed E-state index contributed by atoms with van der Waals surface area (Å²) < 4.78 is 11.2. The van der Waals surface area contributed by atoms with Gasteiger partial charge in [-0.05, 0) is 26.3 Å².